The molecule has 0 saturated carbocycles. The summed E-state index contributed by atoms with van der Waals surface area (Å²) in [6.45, 7) is 2.40. The Morgan fingerprint density at radius 2 is 2.12 bits per heavy atom. The lowest BCUT2D eigenvalue weighted by atomic mass is 10.2. The zero-order valence-electron chi connectivity index (χ0n) is 14.3. The first kappa shape index (κ1) is 18.7. The van der Waals surface area contributed by atoms with Crippen molar-refractivity contribution in [3.8, 4) is 11.5 Å². The van der Waals surface area contributed by atoms with Crippen molar-refractivity contribution < 1.29 is 19.2 Å². The third-order valence-corrected chi connectivity index (χ3v) is 3.19. The summed E-state index contributed by atoms with van der Waals surface area (Å²) in [6, 6.07) is 7.98. The van der Waals surface area contributed by atoms with Gasteiger partial charge in [-0.3, -0.25) is 25.8 Å². The Kier molecular flexibility index (Phi) is 6.49. The molecule has 2 N–H and O–H groups in total. The van der Waals surface area contributed by atoms with Gasteiger partial charge in [-0.05, 0) is 36.8 Å². The van der Waals surface area contributed by atoms with Crippen LogP contribution in [0.4, 0.5) is 11.5 Å². The first-order valence-corrected chi connectivity index (χ1v) is 7.69. The van der Waals surface area contributed by atoms with Crippen LogP contribution in [0.5, 0.6) is 11.5 Å². The fourth-order valence-electron chi connectivity index (χ4n) is 1.97. The van der Waals surface area contributed by atoms with Gasteiger partial charge in [0.05, 0.1) is 18.6 Å². The van der Waals surface area contributed by atoms with E-state index >= 15 is 0 Å². The minimum Gasteiger partial charge on any atom is -0.493 e. The van der Waals surface area contributed by atoms with E-state index in [0.717, 1.165) is 11.8 Å². The van der Waals surface area contributed by atoms with E-state index in [2.05, 4.69) is 15.8 Å². The zero-order chi connectivity index (χ0) is 18.9. The summed E-state index contributed by atoms with van der Waals surface area (Å²) >= 11 is 0. The van der Waals surface area contributed by atoms with Crippen LogP contribution in [0.2, 0.25) is 0 Å². The lowest BCUT2D eigenvalue weighted by molar-refractivity contribution is -0.385. The van der Waals surface area contributed by atoms with E-state index < -0.39 is 10.8 Å². The highest BCUT2D eigenvalue weighted by Crippen LogP contribution is 2.28. The molecule has 0 aliphatic rings. The summed E-state index contributed by atoms with van der Waals surface area (Å²) in [6.07, 6.45) is 4.03. The molecule has 2 aromatic rings. The van der Waals surface area contributed by atoms with E-state index in [1.165, 1.54) is 18.2 Å². The molecule has 1 amide bonds. The normalized spacial score (nSPS) is 10.4. The van der Waals surface area contributed by atoms with Crippen LogP contribution in [0.3, 0.4) is 0 Å². The number of nitrogens with one attached hydrogen (secondary N) is 2. The van der Waals surface area contributed by atoms with Gasteiger partial charge in [0.2, 0.25) is 0 Å². The van der Waals surface area contributed by atoms with Crippen molar-refractivity contribution in [3.63, 3.8) is 0 Å². The second-order valence-corrected chi connectivity index (χ2v) is 4.95. The fraction of sp³-hybridized carbons (Fsp3) is 0.176. The number of carbonyl (C=O) groups excluding carboxylic acids is 1. The van der Waals surface area contributed by atoms with Crippen molar-refractivity contribution in [3.05, 3.63) is 58.3 Å². The number of hydrogen-bond donors (Lipinski definition) is 2. The summed E-state index contributed by atoms with van der Waals surface area (Å²) in [5, 5.41) is 10.6. The summed E-state index contributed by atoms with van der Waals surface area (Å²) in [7, 11) is 1.54. The van der Waals surface area contributed by atoms with Crippen LogP contribution in [-0.2, 0) is 4.79 Å². The van der Waals surface area contributed by atoms with Crippen LogP contribution >= 0.6 is 0 Å². The van der Waals surface area contributed by atoms with Crippen molar-refractivity contribution in [2.75, 3.05) is 19.1 Å². The number of methoxy groups -OCH3 is 1. The number of amides is 1. The maximum Gasteiger partial charge on any atom is 0.287 e. The van der Waals surface area contributed by atoms with E-state index in [-0.39, 0.29) is 11.5 Å². The minimum absolute atomic E-state index is 0.133. The number of pyridine rings is 1. The number of nitro groups is 1. The molecule has 9 heteroatoms. The summed E-state index contributed by atoms with van der Waals surface area (Å²) in [5.41, 5.74) is 5.61. The number of nitrogens with zero attached hydrogens (tertiary/aromatic N) is 2. The molecule has 1 aromatic heterocycles. The number of rotatable bonds is 8. The standard InChI is InChI=1S/C17H18N4O5/c1-3-26-14-7-4-12(10-15(14)25-2)5-9-17(22)20-19-16-8-6-13(11-18-16)21(23)24/h4-11H,3H2,1-2H3,(H,18,19)(H,20,22)/b9-5+. The fourth-order valence-corrected chi connectivity index (χ4v) is 1.97. The van der Waals surface area contributed by atoms with Gasteiger partial charge in [0.25, 0.3) is 11.6 Å². The van der Waals surface area contributed by atoms with Crippen LogP contribution in [0.1, 0.15) is 12.5 Å². The van der Waals surface area contributed by atoms with Gasteiger partial charge in [0, 0.05) is 12.1 Å². The van der Waals surface area contributed by atoms with Gasteiger partial charge < -0.3 is 9.47 Å². The third-order valence-electron chi connectivity index (χ3n) is 3.19. The van der Waals surface area contributed by atoms with Crippen LogP contribution in [0.25, 0.3) is 6.08 Å². The first-order valence-electron chi connectivity index (χ1n) is 7.69. The number of hydrazine groups is 1. The molecular formula is C17H18N4O5. The van der Waals surface area contributed by atoms with E-state index in [1.54, 1.807) is 31.4 Å². The Morgan fingerprint density at radius 3 is 2.73 bits per heavy atom. The summed E-state index contributed by atoms with van der Waals surface area (Å²) < 4.78 is 10.7. The molecule has 0 unspecified atom stereocenters. The largest absolute Gasteiger partial charge is 0.493 e. The molecule has 0 radical (unpaired) electrons. The molecule has 9 nitrogen and oxygen atoms in total. The Morgan fingerprint density at radius 1 is 1.31 bits per heavy atom. The molecule has 0 fully saturated rings. The van der Waals surface area contributed by atoms with E-state index in [0.29, 0.717) is 18.1 Å². The van der Waals surface area contributed by atoms with Crippen LogP contribution < -0.4 is 20.3 Å². The van der Waals surface area contributed by atoms with Gasteiger partial charge >= 0.3 is 0 Å². The lowest BCUT2D eigenvalue weighted by Gasteiger charge is -2.09. The van der Waals surface area contributed by atoms with Gasteiger partial charge in [0.1, 0.15) is 12.0 Å². The maximum absolute atomic E-state index is 11.8. The Balaban J connectivity index is 1.93. The van der Waals surface area contributed by atoms with Crippen LogP contribution in [0, 0.1) is 10.1 Å². The molecule has 0 bridgehead atoms. The first-order chi connectivity index (χ1) is 12.5. The number of aromatic nitrogens is 1. The maximum atomic E-state index is 11.8. The highest BCUT2D eigenvalue weighted by Gasteiger charge is 2.06. The van der Waals surface area contributed by atoms with Gasteiger partial charge in [-0.25, -0.2) is 4.98 Å². The average Bonchev–Trinajstić information content (AvgIpc) is 2.66. The monoisotopic (exact) mass is 358 g/mol. The predicted molar refractivity (Wildman–Crippen MR) is 95.9 cm³/mol. The second kappa shape index (κ2) is 9.02. The topological polar surface area (TPSA) is 116 Å². The Hall–Kier alpha value is -3.62. The zero-order valence-corrected chi connectivity index (χ0v) is 14.3. The second-order valence-electron chi connectivity index (χ2n) is 4.95. The van der Waals surface area contributed by atoms with Crippen LogP contribution in [-0.4, -0.2) is 29.5 Å². The summed E-state index contributed by atoms with van der Waals surface area (Å²) in [4.78, 5) is 25.7. The molecule has 26 heavy (non-hydrogen) atoms. The predicted octanol–water partition coefficient (Wildman–Crippen LogP) is 2.55. The van der Waals surface area contributed by atoms with Crippen molar-refractivity contribution in [1.29, 1.82) is 0 Å². The molecule has 1 heterocycles. The van der Waals surface area contributed by atoms with Gasteiger partial charge in [-0.15, -0.1) is 0 Å². The highest BCUT2D eigenvalue weighted by atomic mass is 16.6. The molecule has 0 atom stereocenters. The molecule has 136 valence electrons. The molecule has 2 rings (SSSR count). The number of carbonyl (C=O) groups is 1. The van der Waals surface area contributed by atoms with Crippen molar-refractivity contribution >= 4 is 23.5 Å². The molecule has 1 aromatic carbocycles. The number of benzene rings is 1. The van der Waals surface area contributed by atoms with Gasteiger partial charge in [-0.2, -0.15) is 0 Å². The third kappa shape index (κ3) is 5.20. The van der Waals surface area contributed by atoms with Gasteiger partial charge in [0.15, 0.2) is 11.5 Å². The Labute approximate surface area is 149 Å². The number of ether oxygens (including phenoxy) is 2. The Bertz CT molecular complexity index is 805. The molecule has 0 spiro atoms. The molecular weight excluding hydrogens is 340 g/mol. The van der Waals surface area contributed by atoms with Gasteiger partial charge in [-0.1, -0.05) is 6.07 Å². The number of hydrogen-bond acceptors (Lipinski definition) is 7. The quantitative estimate of drug-likeness (QED) is 0.423. The van der Waals surface area contributed by atoms with Crippen molar-refractivity contribution in [2.45, 2.75) is 6.92 Å². The lowest BCUT2D eigenvalue weighted by Crippen LogP contribution is -2.27. The highest BCUT2D eigenvalue weighted by molar-refractivity contribution is 5.92. The van der Waals surface area contributed by atoms with Crippen molar-refractivity contribution in [2.24, 2.45) is 0 Å². The average molecular weight is 358 g/mol. The summed E-state index contributed by atoms with van der Waals surface area (Å²) in [5.74, 6) is 1.06. The van der Waals surface area contributed by atoms with Crippen molar-refractivity contribution in [1.82, 2.24) is 10.4 Å². The smallest absolute Gasteiger partial charge is 0.287 e. The molecule has 0 aliphatic heterocycles. The minimum atomic E-state index is -0.552. The SMILES string of the molecule is CCOc1ccc(/C=C/C(=O)NNc2ccc([N+](=O)[O-])cn2)cc1OC. The number of anilines is 1. The van der Waals surface area contributed by atoms with E-state index in [1.807, 2.05) is 6.92 Å². The molecule has 0 saturated heterocycles. The molecule has 0 aliphatic carbocycles. The van der Waals surface area contributed by atoms with Crippen LogP contribution in [0.15, 0.2) is 42.6 Å². The van der Waals surface area contributed by atoms with E-state index in [9.17, 15) is 14.9 Å². The van der Waals surface area contributed by atoms with E-state index in [4.69, 9.17) is 9.47 Å².